The Bertz CT molecular complexity index is 378. The van der Waals surface area contributed by atoms with E-state index in [1.807, 2.05) is 11.8 Å². The summed E-state index contributed by atoms with van der Waals surface area (Å²) in [7, 11) is 0. The van der Waals surface area contributed by atoms with Crippen molar-refractivity contribution in [2.24, 2.45) is 5.92 Å². The maximum atomic E-state index is 10.2. The van der Waals surface area contributed by atoms with Gasteiger partial charge in [-0.25, -0.2) is 0 Å². The molecule has 4 heteroatoms. The van der Waals surface area contributed by atoms with Gasteiger partial charge < -0.3 is 5.11 Å². The summed E-state index contributed by atoms with van der Waals surface area (Å²) >= 11 is 14.0. The fraction of sp³-hybridized carbons (Fsp3) is 0.538. The van der Waals surface area contributed by atoms with Crippen LogP contribution in [0.2, 0.25) is 10.0 Å². The van der Waals surface area contributed by atoms with E-state index in [1.165, 1.54) is 24.3 Å². The van der Waals surface area contributed by atoms with Crippen LogP contribution in [-0.2, 0) is 0 Å². The van der Waals surface area contributed by atoms with Gasteiger partial charge in [0.1, 0.15) is 0 Å². The highest BCUT2D eigenvalue weighted by Gasteiger charge is 2.20. The van der Waals surface area contributed by atoms with Gasteiger partial charge in [0.2, 0.25) is 0 Å². The Hall–Kier alpha value is 0.110. The van der Waals surface area contributed by atoms with E-state index in [0.717, 1.165) is 12.0 Å². The van der Waals surface area contributed by atoms with E-state index < -0.39 is 6.10 Å². The number of benzene rings is 1. The molecule has 1 aliphatic heterocycles. The molecule has 0 saturated carbocycles. The predicted molar refractivity (Wildman–Crippen MR) is 76.1 cm³/mol. The van der Waals surface area contributed by atoms with Gasteiger partial charge in [0.15, 0.2) is 0 Å². The lowest BCUT2D eigenvalue weighted by molar-refractivity contribution is 0.141. The number of halogens is 2. The van der Waals surface area contributed by atoms with E-state index >= 15 is 0 Å². The van der Waals surface area contributed by atoms with Gasteiger partial charge in [-0.05, 0) is 54.9 Å². The SMILES string of the molecule is OC(CC1CCSCC1)c1cc(Cl)ccc1Cl. The highest BCUT2D eigenvalue weighted by molar-refractivity contribution is 7.99. The number of rotatable bonds is 3. The summed E-state index contributed by atoms with van der Waals surface area (Å²) in [5.41, 5.74) is 0.761. The molecule has 1 heterocycles. The Kier molecular flexibility index (Phi) is 5.04. The largest absolute Gasteiger partial charge is 0.388 e. The third kappa shape index (κ3) is 3.78. The summed E-state index contributed by atoms with van der Waals surface area (Å²) in [6, 6.07) is 5.27. The molecule has 1 fully saturated rings. The molecule has 1 nitrogen and oxygen atoms in total. The zero-order chi connectivity index (χ0) is 12.3. The Morgan fingerprint density at radius 1 is 1.29 bits per heavy atom. The second-order valence-electron chi connectivity index (χ2n) is 4.47. The van der Waals surface area contributed by atoms with Gasteiger partial charge in [0.25, 0.3) is 0 Å². The van der Waals surface area contributed by atoms with Crippen LogP contribution < -0.4 is 0 Å². The van der Waals surface area contributed by atoms with Gasteiger partial charge in [0.05, 0.1) is 6.10 Å². The van der Waals surface area contributed by atoms with Crippen molar-refractivity contribution in [1.29, 1.82) is 0 Å². The smallest absolute Gasteiger partial charge is 0.0807 e. The topological polar surface area (TPSA) is 20.2 Å². The van der Waals surface area contributed by atoms with Crippen LogP contribution in [0.1, 0.15) is 30.9 Å². The monoisotopic (exact) mass is 290 g/mol. The summed E-state index contributed by atoms with van der Waals surface area (Å²) in [4.78, 5) is 0. The zero-order valence-corrected chi connectivity index (χ0v) is 11.9. The van der Waals surface area contributed by atoms with Crippen LogP contribution in [0, 0.1) is 5.92 Å². The summed E-state index contributed by atoms with van der Waals surface area (Å²) < 4.78 is 0. The van der Waals surface area contributed by atoms with Gasteiger partial charge in [-0.3, -0.25) is 0 Å². The molecule has 1 unspecified atom stereocenters. The molecule has 1 atom stereocenters. The number of hydrogen-bond acceptors (Lipinski definition) is 2. The van der Waals surface area contributed by atoms with Gasteiger partial charge in [0, 0.05) is 15.6 Å². The van der Waals surface area contributed by atoms with E-state index in [2.05, 4.69) is 0 Å². The van der Waals surface area contributed by atoms with Crippen molar-refractivity contribution >= 4 is 35.0 Å². The molecule has 0 amide bonds. The van der Waals surface area contributed by atoms with Gasteiger partial charge in [-0.15, -0.1) is 0 Å². The Labute approximate surface area is 117 Å². The summed E-state index contributed by atoms with van der Waals surface area (Å²) in [5.74, 6) is 3.03. The second-order valence-corrected chi connectivity index (χ2v) is 6.54. The van der Waals surface area contributed by atoms with Crippen molar-refractivity contribution in [2.75, 3.05) is 11.5 Å². The van der Waals surface area contributed by atoms with E-state index in [9.17, 15) is 5.11 Å². The lowest BCUT2D eigenvalue weighted by Gasteiger charge is -2.24. The van der Waals surface area contributed by atoms with Gasteiger partial charge in [-0.1, -0.05) is 23.2 Å². The van der Waals surface area contributed by atoms with Crippen LogP contribution in [0.15, 0.2) is 18.2 Å². The molecule has 1 aromatic carbocycles. The third-order valence-corrected chi connectivity index (χ3v) is 4.84. The second kappa shape index (κ2) is 6.33. The molecule has 2 rings (SSSR count). The summed E-state index contributed by atoms with van der Waals surface area (Å²) in [5, 5.41) is 11.5. The molecule has 0 spiro atoms. The molecule has 0 radical (unpaired) electrons. The normalized spacial score (nSPS) is 19.2. The first kappa shape index (κ1) is 13.5. The third-order valence-electron chi connectivity index (χ3n) is 3.21. The quantitative estimate of drug-likeness (QED) is 0.881. The molecule has 1 aromatic rings. The first-order chi connectivity index (χ1) is 8.16. The average Bonchev–Trinajstić information content (AvgIpc) is 2.33. The lowest BCUT2D eigenvalue weighted by Crippen LogP contribution is -2.13. The average molecular weight is 291 g/mol. The van der Waals surface area contributed by atoms with Crippen molar-refractivity contribution < 1.29 is 5.11 Å². The first-order valence-corrected chi connectivity index (χ1v) is 7.78. The molecule has 17 heavy (non-hydrogen) atoms. The fourth-order valence-corrected chi connectivity index (χ4v) is 3.82. The first-order valence-electron chi connectivity index (χ1n) is 5.87. The van der Waals surface area contributed by atoms with Crippen LogP contribution in [0.5, 0.6) is 0 Å². The maximum Gasteiger partial charge on any atom is 0.0807 e. The molecular formula is C13H16Cl2OS. The highest BCUT2D eigenvalue weighted by Crippen LogP contribution is 2.34. The van der Waals surface area contributed by atoms with Crippen molar-refractivity contribution in [3.05, 3.63) is 33.8 Å². The van der Waals surface area contributed by atoms with Crippen molar-refractivity contribution in [2.45, 2.75) is 25.4 Å². The van der Waals surface area contributed by atoms with E-state index in [0.29, 0.717) is 16.0 Å². The standard InChI is InChI=1S/C13H16Cl2OS/c14-10-1-2-12(15)11(8-10)13(16)7-9-3-5-17-6-4-9/h1-2,8-9,13,16H,3-7H2. The number of hydrogen-bond donors (Lipinski definition) is 1. The number of thioether (sulfide) groups is 1. The van der Waals surface area contributed by atoms with Crippen LogP contribution in [0.4, 0.5) is 0 Å². The van der Waals surface area contributed by atoms with E-state index in [4.69, 9.17) is 23.2 Å². The van der Waals surface area contributed by atoms with Crippen LogP contribution in [0.25, 0.3) is 0 Å². The fourth-order valence-electron chi connectivity index (χ4n) is 2.19. The molecule has 1 N–H and O–H groups in total. The number of aliphatic hydroxyl groups is 1. The Balaban J connectivity index is 2.02. The molecule has 1 saturated heterocycles. The van der Waals surface area contributed by atoms with Crippen LogP contribution in [-0.4, -0.2) is 16.6 Å². The minimum Gasteiger partial charge on any atom is -0.388 e. The highest BCUT2D eigenvalue weighted by atomic mass is 35.5. The van der Waals surface area contributed by atoms with Crippen LogP contribution >= 0.6 is 35.0 Å². The van der Waals surface area contributed by atoms with E-state index in [1.54, 1.807) is 18.2 Å². The maximum absolute atomic E-state index is 10.2. The molecule has 0 aliphatic carbocycles. The van der Waals surface area contributed by atoms with E-state index in [-0.39, 0.29) is 0 Å². The lowest BCUT2D eigenvalue weighted by atomic mass is 9.92. The summed E-state index contributed by atoms with van der Waals surface area (Å²) in [6.45, 7) is 0. The summed E-state index contributed by atoms with van der Waals surface area (Å²) in [6.07, 6.45) is 2.69. The zero-order valence-electron chi connectivity index (χ0n) is 9.53. The Morgan fingerprint density at radius 3 is 2.71 bits per heavy atom. The molecule has 0 aromatic heterocycles. The predicted octanol–water partition coefficient (Wildman–Crippen LogP) is 4.56. The van der Waals surface area contributed by atoms with Crippen molar-refractivity contribution in [3.8, 4) is 0 Å². The molecule has 0 bridgehead atoms. The minimum atomic E-state index is -0.491. The Morgan fingerprint density at radius 2 is 2.00 bits per heavy atom. The molecule has 1 aliphatic rings. The van der Waals surface area contributed by atoms with Gasteiger partial charge >= 0.3 is 0 Å². The number of aliphatic hydroxyl groups excluding tert-OH is 1. The van der Waals surface area contributed by atoms with Crippen molar-refractivity contribution in [3.63, 3.8) is 0 Å². The molecular weight excluding hydrogens is 275 g/mol. The molecule has 94 valence electrons. The minimum absolute atomic E-state index is 0.491. The van der Waals surface area contributed by atoms with Crippen LogP contribution in [0.3, 0.4) is 0 Å². The van der Waals surface area contributed by atoms with Gasteiger partial charge in [-0.2, -0.15) is 11.8 Å². The van der Waals surface area contributed by atoms with Crippen molar-refractivity contribution in [1.82, 2.24) is 0 Å².